The van der Waals surface area contributed by atoms with E-state index in [0.29, 0.717) is 60.5 Å². The number of thiophene rings is 1. The Hall–Kier alpha value is -5.45. The second-order valence-electron chi connectivity index (χ2n) is 14.7. The molecule has 1 atom stereocenters. The fourth-order valence-electron chi connectivity index (χ4n) is 7.85. The van der Waals surface area contributed by atoms with Gasteiger partial charge in [0.15, 0.2) is 0 Å². The van der Waals surface area contributed by atoms with Gasteiger partial charge >= 0.3 is 6.18 Å². The highest BCUT2D eigenvalue weighted by Crippen LogP contribution is 2.44. The number of likely N-dealkylation sites (tertiary alicyclic amines) is 1. The average molecular weight is 808 g/mol. The molecule has 1 spiro atoms. The van der Waals surface area contributed by atoms with E-state index in [4.69, 9.17) is 4.74 Å². The minimum absolute atomic E-state index is 0.0540. The Bertz CT molecular complexity index is 2320. The van der Waals surface area contributed by atoms with Gasteiger partial charge in [0.05, 0.1) is 21.8 Å². The zero-order valence-electron chi connectivity index (χ0n) is 30.4. The SMILES string of the molecule is Cc1cc(F)cc(F)c1NC(=O)c1cc2c(s1)-c1ccc(F)cc1N(C(=O)c1ccc(NC(=O)C3=CC=C(C(F)(F)F)NC3N3CC4(CCOCC4)C3)cc1)CC2. The lowest BCUT2D eigenvalue weighted by Crippen LogP contribution is -2.66. The van der Waals surface area contributed by atoms with Crippen LogP contribution in [0.15, 0.2) is 84.1 Å². The van der Waals surface area contributed by atoms with Gasteiger partial charge in [-0.3, -0.25) is 19.3 Å². The van der Waals surface area contributed by atoms with E-state index in [2.05, 4.69) is 16.0 Å². The molecule has 0 radical (unpaired) electrons. The standard InChI is InChI=1S/C41H35F6N5O4S/c1-22-16-26(43)18-30(44)34(22)50-38(54)32-17-24-10-13-52(31-19-25(42)4-7-28(31)35(24)57-32)39(55)23-2-5-27(6-3-23)48-37(53)29-8-9-33(41(45,46)47)49-36(29)51-20-40(21-51)11-14-56-15-12-40/h2-9,16-19,36,49H,10-15,20-21H2,1H3,(H,48,53)(H,50,54). The van der Waals surface area contributed by atoms with E-state index in [1.807, 2.05) is 4.90 Å². The van der Waals surface area contributed by atoms with E-state index < -0.39 is 53.2 Å². The smallest absolute Gasteiger partial charge is 0.381 e. The Morgan fingerprint density at radius 3 is 2.33 bits per heavy atom. The second-order valence-corrected chi connectivity index (χ2v) is 15.7. The number of fused-ring (bicyclic) bond motifs is 3. The van der Waals surface area contributed by atoms with Gasteiger partial charge in [0, 0.05) is 66.0 Å². The highest BCUT2D eigenvalue weighted by molar-refractivity contribution is 7.17. The van der Waals surface area contributed by atoms with E-state index in [1.165, 1.54) is 60.4 Å². The zero-order chi connectivity index (χ0) is 40.2. The molecule has 9 nitrogen and oxygen atoms in total. The highest BCUT2D eigenvalue weighted by Gasteiger charge is 2.49. The number of allylic oxidation sites excluding steroid dienone is 3. The van der Waals surface area contributed by atoms with Crippen LogP contribution in [0.3, 0.4) is 0 Å². The van der Waals surface area contributed by atoms with Crippen molar-refractivity contribution in [3.05, 3.63) is 123 Å². The number of ether oxygens (including phenoxy) is 1. The van der Waals surface area contributed by atoms with Gasteiger partial charge in [0.1, 0.15) is 29.3 Å². The molecule has 8 rings (SSSR count). The monoisotopic (exact) mass is 807 g/mol. The number of nitrogens with zero attached hydrogens (tertiary/aromatic N) is 2. The van der Waals surface area contributed by atoms with E-state index >= 15 is 0 Å². The number of hydrogen-bond acceptors (Lipinski definition) is 7. The maximum Gasteiger partial charge on any atom is 0.430 e. The number of aryl methyl sites for hydroxylation is 1. The fourth-order valence-corrected chi connectivity index (χ4v) is 8.99. The molecule has 4 aliphatic heterocycles. The minimum atomic E-state index is -4.63. The number of alkyl halides is 3. The molecule has 1 aromatic heterocycles. The molecule has 296 valence electrons. The number of anilines is 3. The summed E-state index contributed by atoms with van der Waals surface area (Å²) in [5, 5.41) is 7.79. The van der Waals surface area contributed by atoms with Crippen LogP contribution in [0, 0.1) is 29.8 Å². The van der Waals surface area contributed by atoms with E-state index in [0.717, 1.165) is 36.3 Å². The molecular formula is C41H35F6N5O4S. The van der Waals surface area contributed by atoms with Crippen molar-refractivity contribution in [3.8, 4) is 10.4 Å². The van der Waals surface area contributed by atoms with Crippen LogP contribution in [0.5, 0.6) is 0 Å². The normalized spacial score (nSPS) is 18.9. The molecule has 4 aromatic rings. The predicted molar refractivity (Wildman–Crippen MR) is 202 cm³/mol. The Labute approximate surface area is 327 Å². The Morgan fingerprint density at radius 2 is 1.63 bits per heavy atom. The first kappa shape index (κ1) is 38.4. The Kier molecular flexibility index (Phi) is 9.98. The molecular weight excluding hydrogens is 773 g/mol. The Morgan fingerprint density at radius 1 is 0.895 bits per heavy atom. The molecule has 3 N–H and O–H groups in total. The largest absolute Gasteiger partial charge is 0.430 e. The molecule has 3 amide bonds. The number of benzene rings is 3. The maximum absolute atomic E-state index is 14.7. The zero-order valence-corrected chi connectivity index (χ0v) is 31.2. The minimum Gasteiger partial charge on any atom is -0.381 e. The van der Waals surface area contributed by atoms with Crippen molar-refractivity contribution in [2.75, 3.05) is 48.4 Å². The number of dihydropyridines is 1. The molecule has 57 heavy (non-hydrogen) atoms. The number of carbonyl (C=O) groups excluding carboxylic acids is 3. The summed E-state index contributed by atoms with van der Waals surface area (Å²) in [5.41, 5.74) is 1.20. The predicted octanol–water partition coefficient (Wildman–Crippen LogP) is 7.95. The number of amides is 3. The lowest BCUT2D eigenvalue weighted by Gasteiger charge is -2.55. The van der Waals surface area contributed by atoms with Crippen LogP contribution < -0.4 is 20.9 Å². The number of carbonyl (C=O) groups is 3. The Balaban J connectivity index is 0.986. The summed E-state index contributed by atoms with van der Waals surface area (Å²) in [6.45, 7) is 3.80. The first-order valence-electron chi connectivity index (χ1n) is 18.2. The van der Waals surface area contributed by atoms with Crippen LogP contribution in [0.1, 0.15) is 44.0 Å². The van der Waals surface area contributed by atoms with Crippen LogP contribution in [0.4, 0.5) is 43.4 Å². The second kappa shape index (κ2) is 14.8. The highest BCUT2D eigenvalue weighted by atomic mass is 32.1. The number of rotatable bonds is 6. The topological polar surface area (TPSA) is 103 Å². The van der Waals surface area contributed by atoms with Gasteiger partial charge in [-0.05, 0) is 104 Å². The molecule has 1 unspecified atom stereocenters. The molecule has 16 heteroatoms. The van der Waals surface area contributed by atoms with Crippen molar-refractivity contribution in [1.82, 2.24) is 10.2 Å². The molecule has 4 aliphatic rings. The molecule has 3 aromatic carbocycles. The quantitative estimate of drug-likeness (QED) is 0.171. The summed E-state index contributed by atoms with van der Waals surface area (Å²) < 4.78 is 89.4. The van der Waals surface area contributed by atoms with Crippen molar-refractivity contribution in [2.24, 2.45) is 5.41 Å². The lowest BCUT2D eigenvalue weighted by atomic mass is 9.73. The molecule has 0 bridgehead atoms. The van der Waals surface area contributed by atoms with Crippen LogP contribution in [-0.2, 0) is 16.0 Å². The van der Waals surface area contributed by atoms with Crippen molar-refractivity contribution >= 4 is 46.1 Å². The van der Waals surface area contributed by atoms with Crippen molar-refractivity contribution in [2.45, 2.75) is 38.5 Å². The summed E-state index contributed by atoms with van der Waals surface area (Å²) in [6, 6.07) is 13.4. The van der Waals surface area contributed by atoms with E-state index in [1.54, 1.807) is 6.07 Å². The molecule has 0 saturated carbocycles. The van der Waals surface area contributed by atoms with Gasteiger partial charge in [-0.25, -0.2) is 13.2 Å². The van der Waals surface area contributed by atoms with Gasteiger partial charge in [-0.2, -0.15) is 13.2 Å². The van der Waals surface area contributed by atoms with Gasteiger partial charge in [0.2, 0.25) is 0 Å². The van der Waals surface area contributed by atoms with Crippen LogP contribution in [-0.4, -0.2) is 67.8 Å². The third-order valence-electron chi connectivity index (χ3n) is 10.8. The van der Waals surface area contributed by atoms with Gasteiger partial charge < -0.3 is 25.6 Å². The number of hydrogen-bond donors (Lipinski definition) is 3. The summed E-state index contributed by atoms with van der Waals surface area (Å²) in [5.74, 6) is -3.95. The van der Waals surface area contributed by atoms with Crippen LogP contribution in [0.2, 0.25) is 0 Å². The van der Waals surface area contributed by atoms with E-state index in [-0.39, 0.29) is 44.9 Å². The molecule has 2 saturated heterocycles. The fraction of sp³-hybridized carbons (Fsp3) is 0.293. The summed E-state index contributed by atoms with van der Waals surface area (Å²) in [7, 11) is 0. The maximum atomic E-state index is 14.7. The van der Waals surface area contributed by atoms with Gasteiger partial charge in [-0.1, -0.05) is 0 Å². The lowest BCUT2D eigenvalue weighted by molar-refractivity contribution is -0.122. The molecule has 0 aliphatic carbocycles. The summed E-state index contributed by atoms with van der Waals surface area (Å²) >= 11 is 1.10. The van der Waals surface area contributed by atoms with Crippen LogP contribution in [0.25, 0.3) is 10.4 Å². The number of nitrogens with one attached hydrogen (secondary N) is 3. The van der Waals surface area contributed by atoms with Crippen LogP contribution >= 0.6 is 11.3 Å². The first-order chi connectivity index (χ1) is 27.2. The third-order valence-corrected chi connectivity index (χ3v) is 12.0. The number of halogens is 6. The first-order valence-corrected chi connectivity index (χ1v) is 19.0. The van der Waals surface area contributed by atoms with Gasteiger partial charge in [-0.15, -0.1) is 11.3 Å². The van der Waals surface area contributed by atoms with Gasteiger partial charge in [0.25, 0.3) is 17.7 Å². The average Bonchev–Trinajstić information content (AvgIpc) is 3.53. The van der Waals surface area contributed by atoms with E-state index in [9.17, 15) is 40.7 Å². The summed E-state index contributed by atoms with van der Waals surface area (Å²) in [6.07, 6.45) is -1.71. The van der Waals surface area contributed by atoms with Crippen molar-refractivity contribution in [1.29, 1.82) is 0 Å². The van der Waals surface area contributed by atoms with Crippen molar-refractivity contribution in [3.63, 3.8) is 0 Å². The molecule has 5 heterocycles. The van der Waals surface area contributed by atoms with Crippen molar-refractivity contribution < 1.29 is 45.5 Å². The summed E-state index contributed by atoms with van der Waals surface area (Å²) in [4.78, 5) is 44.9. The third kappa shape index (κ3) is 7.56. The molecule has 2 fully saturated rings.